The first-order valence-electron chi connectivity index (χ1n) is 4.23. The second-order valence-electron chi connectivity index (χ2n) is 3.19. The zero-order valence-corrected chi connectivity index (χ0v) is 8.74. The van der Waals surface area contributed by atoms with Crippen LogP contribution >= 0.6 is 10.7 Å². The van der Waals surface area contributed by atoms with Crippen LogP contribution in [-0.4, -0.2) is 25.8 Å². The van der Waals surface area contributed by atoms with E-state index in [1.165, 1.54) is 4.31 Å². The molecule has 0 radical (unpaired) electrons. The number of halogens is 1. The fourth-order valence-electron chi connectivity index (χ4n) is 1.54. The fourth-order valence-corrected chi connectivity index (χ4v) is 2.60. The van der Waals surface area contributed by atoms with Gasteiger partial charge in [0.2, 0.25) is 0 Å². The van der Waals surface area contributed by atoms with E-state index in [9.17, 15) is 8.42 Å². The lowest BCUT2D eigenvalue weighted by molar-refractivity contribution is 0.272. The predicted octanol–water partition coefficient (Wildman–Crippen LogP) is 1.59. The number of nitrogens with zero attached hydrogens (tertiary/aromatic N) is 1. The molecular formula is C7H14ClNO2S. The minimum atomic E-state index is -3.45. The molecule has 72 valence electrons. The molecule has 1 heterocycles. The van der Waals surface area contributed by atoms with Gasteiger partial charge in [-0.25, -0.2) is 0 Å². The van der Waals surface area contributed by atoms with Crippen LogP contribution < -0.4 is 0 Å². The molecule has 0 unspecified atom stereocenters. The van der Waals surface area contributed by atoms with E-state index in [2.05, 4.69) is 6.92 Å². The lowest BCUT2D eigenvalue weighted by Crippen LogP contribution is -2.35. The maximum absolute atomic E-state index is 10.9. The van der Waals surface area contributed by atoms with Gasteiger partial charge in [0.05, 0.1) is 0 Å². The Labute approximate surface area is 78.3 Å². The zero-order chi connectivity index (χ0) is 9.19. The molecule has 0 bridgehead atoms. The quantitative estimate of drug-likeness (QED) is 0.651. The van der Waals surface area contributed by atoms with Crippen LogP contribution in [0.3, 0.4) is 0 Å². The Hall–Kier alpha value is 0.200. The summed E-state index contributed by atoms with van der Waals surface area (Å²) in [7, 11) is 1.75. The molecule has 12 heavy (non-hydrogen) atoms. The minimum absolute atomic E-state index is 0.588. The second-order valence-corrected chi connectivity index (χ2v) is 5.70. The molecule has 3 nitrogen and oxygen atoms in total. The van der Waals surface area contributed by atoms with Crippen molar-refractivity contribution in [2.45, 2.75) is 26.2 Å². The molecular weight excluding hydrogens is 198 g/mol. The van der Waals surface area contributed by atoms with E-state index in [-0.39, 0.29) is 0 Å². The monoisotopic (exact) mass is 211 g/mol. The van der Waals surface area contributed by atoms with E-state index in [0.717, 1.165) is 19.3 Å². The third kappa shape index (κ3) is 2.61. The van der Waals surface area contributed by atoms with Crippen molar-refractivity contribution in [3.63, 3.8) is 0 Å². The molecule has 0 aromatic heterocycles. The van der Waals surface area contributed by atoms with Crippen LogP contribution in [0, 0.1) is 5.92 Å². The van der Waals surface area contributed by atoms with E-state index >= 15 is 0 Å². The van der Waals surface area contributed by atoms with Crippen molar-refractivity contribution < 1.29 is 8.42 Å². The fraction of sp³-hybridized carbons (Fsp3) is 1.00. The van der Waals surface area contributed by atoms with Gasteiger partial charge in [-0.1, -0.05) is 13.3 Å². The molecule has 0 amide bonds. The summed E-state index contributed by atoms with van der Waals surface area (Å²) >= 11 is 0. The molecule has 0 atom stereocenters. The van der Waals surface area contributed by atoms with Gasteiger partial charge in [0, 0.05) is 23.8 Å². The van der Waals surface area contributed by atoms with E-state index in [0.29, 0.717) is 19.0 Å². The Morgan fingerprint density at radius 1 is 1.42 bits per heavy atom. The lowest BCUT2D eigenvalue weighted by Gasteiger charge is -2.28. The topological polar surface area (TPSA) is 37.4 Å². The summed E-state index contributed by atoms with van der Waals surface area (Å²) in [6.45, 7) is 3.31. The number of hydrogen-bond acceptors (Lipinski definition) is 2. The first kappa shape index (κ1) is 10.3. The summed E-state index contributed by atoms with van der Waals surface area (Å²) in [6, 6.07) is 0. The summed E-state index contributed by atoms with van der Waals surface area (Å²) in [5.41, 5.74) is 0. The molecule has 0 aromatic rings. The van der Waals surface area contributed by atoms with Gasteiger partial charge < -0.3 is 0 Å². The van der Waals surface area contributed by atoms with E-state index in [1.807, 2.05) is 0 Å². The Kier molecular flexibility index (Phi) is 3.37. The van der Waals surface area contributed by atoms with Crippen molar-refractivity contribution in [2.24, 2.45) is 5.92 Å². The summed E-state index contributed by atoms with van der Waals surface area (Å²) in [6.07, 6.45) is 3.03. The van der Waals surface area contributed by atoms with Crippen molar-refractivity contribution in [2.75, 3.05) is 13.1 Å². The highest BCUT2D eigenvalue weighted by atomic mass is 35.7. The average molecular weight is 212 g/mol. The first-order chi connectivity index (χ1) is 5.54. The maximum Gasteiger partial charge on any atom is 0.299 e. The van der Waals surface area contributed by atoms with Crippen molar-refractivity contribution in [3.8, 4) is 0 Å². The number of hydrogen-bond donors (Lipinski definition) is 0. The summed E-state index contributed by atoms with van der Waals surface area (Å²) < 4.78 is 23.1. The molecule has 5 heteroatoms. The number of piperidine rings is 1. The molecule has 1 aliphatic heterocycles. The van der Waals surface area contributed by atoms with E-state index in [4.69, 9.17) is 10.7 Å². The molecule has 0 aliphatic carbocycles. The van der Waals surface area contributed by atoms with Crippen molar-refractivity contribution >= 4 is 19.9 Å². The minimum Gasteiger partial charge on any atom is -0.195 e. The summed E-state index contributed by atoms with van der Waals surface area (Å²) in [4.78, 5) is 0. The molecule has 1 rings (SSSR count). The first-order valence-corrected chi connectivity index (χ1v) is 6.50. The van der Waals surface area contributed by atoms with Crippen LogP contribution in [0.15, 0.2) is 0 Å². The van der Waals surface area contributed by atoms with Crippen molar-refractivity contribution in [1.82, 2.24) is 4.31 Å². The highest BCUT2D eigenvalue weighted by molar-refractivity contribution is 8.11. The Morgan fingerprint density at radius 2 is 1.92 bits per heavy atom. The van der Waals surface area contributed by atoms with Crippen LogP contribution in [0.1, 0.15) is 26.2 Å². The molecule has 0 N–H and O–H groups in total. The molecule has 0 saturated carbocycles. The second kappa shape index (κ2) is 3.94. The average Bonchev–Trinajstić information content (AvgIpc) is 2.03. The Morgan fingerprint density at radius 3 is 2.25 bits per heavy atom. The summed E-state index contributed by atoms with van der Waals surface area (Å²) in [5, 5.41) is 0. The predicted molar refractivity (Wildman–Crippen MR) is 49.4 cm³/mol. The summed E-state index contributed by atoms with van der Waals surface area (Å²) in [5.74, 6) is 0.680. The van der Waals surface area contributed by atoms with Gasteiger partial charge >= 0.3 is 0 Å². The van der Waals surface area contributed by atoms with Gasteiger partial charge in [-0.05, 0) is 18.8 Å². The molecule has 1 aliphatic rings. The van der Waals surface area contributed by atoms with E-state index in [1.54, 1.807) is 0 Å². The van der Waals surface area contributed by atoms with Gasteiger partial charge in [0.1, 0.15) is 0 Å². The van der Waals surface area contributed by atoms with E-state index < -0.39 is 9.24 Å². The van der Waals surface area contributed by atoms with Gasteiger partial charge in [0.15, 0.2) is 0 Å². The maximum atomic E-state index is 10.9. The van der Waals surface area contributed by atoms with Crippen LogP contribution in [0.25, 0.3) is 0 Å². The van der Waals surface area contributed by atoms with Crippen LogP contribution in [-0.2, 0) is 9.24 Å². The SMILES string of the molecule is CCC1CCN(S(=O)(=O)Cl)CC1. The smallest absolute Gasteiger partial charge is 0.195 e. The van der Waals surface area contributed by atoms with Crippen LogP contribution in [0.4, 0.5) is 0 Å². The van der Waals surface area contributed by atoms with Gasteiger partial charge in [0.25, 0.3) is 9.24 Å². The van der Waals surface area contributed by atoms with Gasteiger partial charge in [-0.15, -0.1) is 0 Å². The van der Waals surface area contributed by atoms with Crippen molar-refractivity contribution in [1.29, 1.82) is 0 Å². The van der Waals surface area contributed by atoms with Gasteiger partial charge in [-0.3, -0.25) is 0 Å². The normalized spacial score (nSPS) is 22.8. The van der Waals surface area contributed by atoms with Crippen LogP contribution in [0.5, 0.6) is 0 Å². The zero-order valence-electron chi connectivity index (χ0n) is 7.16. The third-order valence-corrected chi connectivity index (χ3v) is 4.03. The molecule has 1 fully saturated rings. The standard InChI is InChI=1S/C7H14ClNO2S/c1-2-7-3-5-9(6-4-7)12(8,10)11/h7H,2-6H2,1H3. The Balaban J connectivity index is 2.47. The largest absolute Gasteiger partial charge is 0.299 e. The molecule has 0 spiro atoms. The van der Waals surface area contributed by atoms with Gasteiger partial charge in [-0.2, -0.15) is 12.7 Å². The lowest BCUT2D eigenvalue weighted by atomic mass is 9.96. The number of rotatable bonds is 2. The van der Waals surface area contributed by atoms with Crippen LogP contribution in [0.2, 0.25) is 0 Å². The molecule has 1 saturated heterocycles. The highest BCUT2D eigenvalue weighted by Gasteiger charge is 2.25. The highest BCUT2D eigenvalue weighted by Crippen LogP contribution is 2.22. The van der Waals surface area contributed by atoms with Crippen molar-refractivity contribution in [3.05, 3.63) is 0 Å². The third-order valence-electron chi connectivity index (χ3n) is 2.46. The molecule has 0 aromatic carbocycles. The Bertz CT molecular complexity index is 232.